The van der Waals surface area contributed by atoms with Gasteiger partial charge in [-0.25, -0.2) is 0 Å². The number of carbonyl (C=O) groups is 3. The number of amides is 3. The Bertz CT molecular complexity index is 922. The molecule has 0 N–H and O–H groups in total. The second-order valence-electron chi connectivity index (χ2n) is 6.49. The van der Waals surface area contributed by atoms with Crippen LogP contribution >= 0.6 is 0 Å². The maximum absolute atomic E-state index is 13.1. The number of furan rings is 2. The molecule has 0 spiro atoms. The molecule has 1 saturated heterocycles. The third-order valence-electron chi connectivity index (χ3n) is 4.56. The summed E-state index contributed by atoms with van der Waals surface area (Å²) in [7, 11) is 0. The summed E-state index contributed by atoms with van der Waals surface area (Å²) in [6.45, 7) is 0.578. The first-order valence-electron chi connectivity index (χ1n) is 8.92. The molecule has 1 fully saturated rings. The maximum Gasteiger partial charge on any atom is 0.254 e. The Kier molecular flexibility index (Phi) is 4.80. The van der Waals surface area contributed by atoms with Crippen molar-refractivity contribution in [2.75, 3.05) is 4.90 Å². The Labute approximate surface area is 161 Å². The van der Waals surface area contributed by atoms with E-state index in [2.05, 4.69) is 0 Å². The molecular formula is C21H18N2O5. The molecule has 1 aliphatic heterocycles. The highest BCUT2D eigenvalue weighted by atomic mass is 16.3. The molecule has 7 nitrogen and oxygen atoms in total. The molecule has 0 bridgehead atoms. The minimum Gasteiger partial charge on any atom is -0.467 e. The standard InChI is InChI=1S/C21H18N2O5/c24-19-9-10-20(25)23(19)16-7-5-15(6-8-16)21(26)22(13-17-3-1-11-27-17)14-18-4-2-12-28-18/h1-8,11-12H,9-10,13-14H2. The molecule has 1 aromatic carbocycles. The van der Waals surface area contributed by atoms with Crippen molar-refractivity contribution >= 4 is 23.4 Å². The van der Waals surface area contributed by atoms with Gasteiger partial charge < -0.3 is 13.7 Å². The molecule has 28 heavy (non-hydrogen) atoms. The molecule has 142 valence electrons. The van der Waals surface area contributed by atoms with E-state index in [0.717, 1.165) is 4.90 Å². The topological polar surface area (TPSA) is 84.0 Å². The van der Waals surface area contributed by atoms with E-state index < -0.39 is 0 Å². The van der Waals surface area contributed by atoms with Gasteiger partial charge in [-0.1, -0.05) is 0 Å². The van der Waals surface area contributed by atoms with Crippen LogP contribution in [0.25, 0.3) is 0 Å². The number of rotatable bonds is 6. The summed E-state index contributed by atoms with van der Waals surface area (Å²) in [6.07, 6.45) is 3.56. The van der Waals surface area contributed by atoms with Crippen molar-refractivity contribution in [1.82, 2.24) is 4.90 Å². The number of carbonyl (C=O) groups excluding carboxylic acids is 3. The van der Waals surface area contributed by atoms with Gasteiger partial charge in [0, 0.05) is 18.4 Å². The zero-order chi connectivity index (χ0) is 19.5. The van der Waals surface area contributed by atoms with Crippen LogP contribution < -0.4 is 4.90 Å². The van der Waals surface area contributed by atoms with Crippen LogP contribution in [0, 0.1) is 0 Å². The van der Waals surface area contributed by atoms with Gasteiger partial charge in [0.05, 0.1) is 31.3 Å². The van der Waals surface area contributed by atoms with E-state index in [1.54, 1.807) is 66.0 Å². The first-order chi connectivity index (χ1) is 13.6. The smallest absolute Gasteiger partial charge is 0.254 e. The van der Waals surface area contributed by atoms with Crippen LogP contribution in [0.1, 0.15) is 34.7 Å². The van der Waals surface area contributed by atoms with Crippen LogP contribution in [0.4, 0.5) is 5.69 Å². The molecule has 0 atom stereocenters. The minimum atomic E-state index is -0.221. The first-order valence-corrected chi connectivity index (χ1v) is 8.92. The molecule has 0 radical (unpaired) electrons. The van der Waals surface area contributed by atoms with Gasteiger partial charge in [-0.15, -0.1) is 0 Å². The Morgan fingerprint density at radius 1 is 0.857 bits per heavy atom. The minimum absolute atomic E-state index is 0.210. The first kappa shape index (κ1) is 17.8. The van der Waals surface area contributed by atoms with E-state index >= 15 is 0 Å². The van der Waals surface area contributed by atoms with E-state index in [1.165, 1.54) is 0 Å². The lowest BCUT2D eigenvalue weighted by atomic mass is 10.1. The molecule has 3 aromatic rings. The molecule has 3 amide bonds. The molecule has 3 heterocycles. The van der Waals surface area contributed by atoms with Gasteiger partial charge in [0.2, 0.25) is 11.8 Å². The fourth-order valence-electron chi connectivity index (χ4n) is 3.18. The van der Waals surface area contributed by atoms with Gasteiger partial charge in [-0.05, 0) is 48.5 Å². The predicted octanol–water partition coefficient (Wildman–Crippen LogP) is 3.37. The van der Waals surface area contributed by atoms with E-state index in [1.807, 2.05) is 0 Å². The Hall–Kier alpha value is -3.61. The maximum atomic E-state index is 13.1. The van der Waals surface area contributed by atoms with Crippen LogP contribution in [-0.4, -0.2) is 22.6 Å². The zero-order valence-corrected chi connectivity index (χ0v) is 15.0. The highest BCUT2D eigenvalue weighted by Gasteiger charge is 2.30. The van der Waals surface area contributed by atoms with Gasteiger partial charge in [0.15, 0.2) is 0 Å². The number of imide groups is 1. The van der Waals surface area contributed by atoms with Crippen LogP contribution in [0.3, 0.4) is 0 Å². The van der Waals surface area contributed by atoms with Crippen molar-refractivity contribution in [3.05, 3.63) is 78.1 Å². The van der Waals surface area contributed by atoms with Gasteiger partial charge in [-0.3, -0.25) is 19.3 Å². The molecule has 4 rings (SSSR count). The van der Waals surface area contributed by atoms with E-state index in [-0.39, 0.29) is 43.7 Å². The summed E-state index contributed by atoms with van der Waals surface area (Å²) in [5, 5.41) is 0. The third kappa shape index (κ3) is 3.59. The summed E-state index contributed by atoms with van der Waals surface area (Å²) >= 11 is 0. The molecule has 2 aromatic heterocycles. The highest BCUT2D eigenvalue weighted by molar-refractivity contribution is 6.19. The summed E-state index contributed by atoms with van der Waals surface area (Å²) in [6, 6.07) is 13.6. The van der Waals surface area contributed by atoms with Gasteiger partial charge in [0.25, 0.3) is 5.91 Å². The number of hydrogen-bond donors (Lipinski definition) is 0. The lowest BCUT2D eigenvalue weighted by Gasteiger charge is -2.21. The summed E-state index contributed by atoms with van der Waals surface area (Å²) in [4.78, 5) is 39.6. The third-order valence-corrected chi connectivity index (χ3v) is 4.56. The Morgan fingerprint density at radius 3 is 1.86 bits per heavy atom. The van der Waals surface area contributed by atoms with Crippen molar-refractivity contribution < 1.29 is 23.2 Å². The lowest BCUT2D eigenvalue weighted by molar-refractivity contribution is -0.121. The zero-order valence-electron chi connectivity index (χ0n) is 15.0. The van der Waals surface area contributed by atoms with Crippen molar-refractivity contribution in [3.63, 3.8) is 0 Å². The van der Waals surface area contributed by atoms with Gasteiger partial charge in [-0.2, -0.15) is 0 Å². The summed E-state index contributed by atoms with van der Waals surface area (Å²) in [5.41, 5.74) is 0.925. The average Bonchev–Trinajstić information content (AvgIpc) is 3.45. The number of hydrogen-bond acceptors (Lipinski definition) is 5. The molecule has 1 aliphatic rings. The molecule has 0 unspecified atom stereocenters. The van der Waals surface area contributed by atoms with Crippen molar-refractivity contribution in [2.24, 2.45) is 0 Å². The Morgan fingerprint density at radius 2 is 1.39 bits per heavy atom. The van der Waals surface area contributed by atoms with Gasteiger partial charge in [0.1, 0.15) is 11.5 Å². The molecule has 0 saturated carbocycles. The predicted molar refractivity (Wildman–Crippen MR) is 99.2 cm³/mol. The molecule has 0 aliphatic carbocycles. The Balaban J connectivity index is 1.55. The quantitative estimate of drug-likeness (QED) is 0.614. The van der Waals surface area contributed by atoms with E-state index in [0.29, 0.717) is 22.8 Å². The van der Waals surface area contributed by atoms with Crippen LogP contribution in [0.2, 0.25) is 0 Å². The van der Waals surface area contributed by atoms with Crippen LogP contribution in [0.15, 0.2) is 69.9 Å². The molecule has 7 heteroatoms. The highest BCUT2D eigenvalue weighted by Crippen LogP contribution is 2.24. The van der Waals surface area contributed by atoms with Crippen molar-refractivity contribution in [1.29, 1.82) is 0 Å². The second kappa shape index (κ2) is 7.56. The number of benzene rings is 1. The van der Waals surface area contributed by atoms with E-state index in [4.69, 9.17) is 8.83 Å². The molecular weight excluding hydrogens is 360 g/mol. The van der Waals surface area contributed by atoms with Crippen molar-refractivity contribution in [2.45, 2.75) is 25.9 Å². The normalized spacial score (nSPS) is 13.9. The van der Waals surface area contributed by atoms with Crippen LogP contribution in [-0.2, 0) is 22.7 Å². The fourth-order valence-corrected chi connectivity index (χ4v) is 3.18. The lowest BCUT2D eigenvalue weighted by Crippen LogP contribution is -2.30. The second-order valence-corrected chi connectivity index (χ2v) is 6.49. The van der Waals surface area contributed by atoms with Gasteiger partial charge >= 0.3 is 0 Å². The van der Waals surface area contributed by atoms with Crippen LogP contribution in [0.5, 0.6) is 0 Å². The van der Waals surface area contributed by atoms with Crippen molar-refractivity contribution in [3.8, 4) is 0 Å². The fraction of sp³-hybridized carbons (Fsp3) is 0.190. The summed E-state index contributed by atoms with van der Waals surface area (Å²) < 4.78 is 10.7. The monoisotopic (exact) mass is 378 g/mol. The SMILES string of the molecule is O=C(c1ccc(N2C(=O)CCC2=O)cc1)N(Cc1ccco1)Cc1ccco1. The number of anilines is 1. The van der Waals surface area contributed by atoms with E-state index in [9.17, 15) is 14.4 Å². The number of nitrogens with zero attached hydrogens (tertiary/aromatic N) is 2. The average molecular weight is 378 g/mol. The summed E-state index contributed by atoms with van der Waals surface area (Å²) in [5.74, 6) is 0.663. The largest absolute Gasteiger partial charge is 0.467 e.